The standard InChI is InChI=1S/C14H27BN4O6S/c16-14(12(20)21)10-18(7-11(14)3-1-5-15(22)23)26(24,25)19-8-13(9-19)4-2-6-17-13/h11,17,22-23H,1-10,16H2,(H,20,21)/t11-,14-/m0/s1. The molecule has 148 valence electrons. The smallest absolute Gasteiger partial charge is 0.451 e. The second-order valence-corrected chi connectivity index (χ2v) is 9.76. The molecule has 10 nitrogen and oxygen atoms in total. The van der Waals surface area contributed by atoms with E-state index < -0.39 is 34.8 Å². The molecule has 6 N–H and O–H groups in total. The molecule has 0 aromatic rings. The third-order valence-corrected chi connectivity index (χ3v) is 7.79. The van der Waals surface area contributed by atoms with Crippen LogP contribution in [0.1, 0.15) is 25.7 Å². The Morgan fingerprint density at radius 3 is 2.50 bits per heavy atom. The summed E-state index contributed by atoms with van der Waals surface area (Å²) in [6.07, 6.45) is 2.75. The Morgan fingerprint density at radius 1 is 1.27 bits per heavy atom. The van der Waals surface area contributed by atoms with Gasteiger partial charge in [0.25, 0.3) is 10.2 Å². The topological polar surface area (TPSA) is 156 Å². The monoisotopic (exact) mass is 390 g/mol. The van der Waals surface area contributed by atoms with Crippen LogP contribution in [0.3, 0.4) is 0 Å². The van der Waals surface area contributed by atoms with Gasteiger partial charge in [0, 0.05) is 37.6 Å². The van der Waals surface area contributed by atoms with Crippen LogP contribution in [0.5, 0.6) is 0 Å². The van der Waals surface area contributed by atoms with Gasteiger partial charge in [-0.1, -0.05) is 6.42 Å². The number of nitrogens with two attached hydrogens (primary N) is 1. The zero-order valence-corrected chi connectivity index (χ0v) is 15.5. The van der Waals surface area contributed by atoms with Gasteiger partial charge in [0.15, 0.2) is 0 Å². The van der Waals surface area contributed by atoms with E-state index in [-0.39, 0.29) is 24.9 Å². The Morgan fingerprint density at radius 2 is 1.96 bits per heavy atom. The second-order valence-electron chi connectivity index (χ2n) is 7.83. The van der Waals surface area contributed by atoms with Crippen LogP contribution < -0.4 is 11.1 Å². The zero-order chi connectivity index (χ0) is 19.2. The molecule has 3 fully saturated rings. The van der Waals surface area contributed by atoms with Gasteiger partial charge in [-0.15, -0.1) is 0 Å². The van der Waals surface area contributed by atoms with E-state index in [2.05, 4.69) is 5.32 Å². The van der Waals surface area contributed by atoms with E-state index in [0.29, 0.717) is 25.9 Å². The van der Waals surface area contributed by atoms with Gasteiger partial charge < -0.3 is 26.2 Å². The first-order valence-electron chi connectivity index (χ1n) is 8.98. The number of hydrogen-bond donors (Lipinski definition) is 5. The van der Waals surface area contributed by atoms with Crippen molar-refractivity contribution in [2.24, 2.45) is 11.7 Å². The minimum Gasteiger partial charge on any atom is -0.480 e. The molecule has 0 unspecified atom stereocenters. The molecule has 1 spiro atoms. The SMILES string of the molecule is N[C@@]1(C(=O)O)CN(S(=O)(=O)N2CC3(CCCN3)C2)C[C@@H]1CCCB(O)O. The molecule has 0 aromatic heterocycles. The molecule has 0 amide bonds. The molecule has 0 bridgehead atoms. The first kappa shape index (κ1) is 20.0. The van der Waals surface area contributed by atoms with Gasteiger partial charge in [-0.2, -0.15) is 17.0 Å². The molecule has 3 rings (SSSR count). The summed E-state index contributed by atoms with van der Waals surface area (Å²) in [5.41, 5.74) is 4.27. The van der Waals surface area contributed by atoms with E-state index >= 15 is 0 Å². The minimum absolute atomic E-state index is 0.0313. The van der Waals surface area contributed by atoms with Crippen molar-refractivity contribution in [3.05, 3.63) is 0 Å². The third-order valence-electron chi connectivity index (χ3n) is 5.95. The normalized spacial score (nSPS) is 32.0. The van der Waals surface area contributed by atoms with Crippen molar-refractivity contribution < 1.29 is 28.4 Å². The van der Waals surface area contributed by atoms with Crippen molar-refractivity contribution in [1.82, 2.24) is 13.9 Å². The van der Waals surface area contributed by atoms with Gasteiger partial charge in [-0.05, 0) is 32.1 Å². The molecule has 0 aliphatic carbocycles. The summed E-state index contributed by atoms with van der Waals surface area (Å²) < 4.78 is 28.3. The quantitative estimate of drug-likeness (QED) is 0.302. The van der Waals surface area contributed by atoms with Gasteiger partial charge in [0.1, 0.15) is 5.54 Å². The van der Waals surface area contributed by atoms with E-state index in [9.17, 15) is 18.3 Å². The lowest BCUT2D eigenvalue weighted by atomic mass is 9.78. The van der Waals surface area contributed by atoms with Gasteiger partial charge in [-0.3, -0.25) is 4.79 Å². The number of carbonyl (C=O) groups is 1. The van der Waals surface area contributed by atoms with Crippen LogP contribution in [0.4, 0.5) is 0 Å². The lowest BCUT2D eigenvalue weighted by molar-refractivity contribution is -0.144. The van der Waals surface area contributed by atoms with E-state index in [1.165, 1.54) is 8.61 Å². The number of rotatable bonds is 7. The predicted molar refractivity (Wildman–Crippen MR) is 94.3 cm³/mol. The number of hydrogen-bond acceptors (Lipinski definition) is 7. The highest BCUT2D eigenvalue weighted by Gasteiger charge is 2.56. The molecular weight excluding hydrogens is 363 g/mol. The van der Waals surface area contributed by atoms with Crippen molar-refractivity contribution in [2.45, 2.75) is 43.1 Å². The average Bonchev–Trinajstić information content (AvgIpc) is 3.12. The predicted octanol–water partition coefficient (Wildman–Crippen LogP) is -2.36. The van der Waals surface area contributed by atoms with Crippen molar-refractivity contribution in [3.8, 4) is 0 Å². The maximum Gasteiger partial charge on any atom is 0.451 e. The van der Waals surface area contributed by atoms with Crippen molar-refractivity contribution in [2.75, 3.05) is 32.7 Å². The number of nitrogens with one attached hydrogen (secondary N) is 1. The Bertz CT molecular complexity index is 648. The lowest BCUT2D eigenvalue weighted by Gasteiger charge is -2.48. The summed E-state index contributed by atoms with van der Waals surface area (Å²) in [6.45, 7) is 1.45. The molecule has 0 aromatic carbocycles. The molecule has 3 aliphatic heterocycles. The highest BCUT2D eigenvalue weighted by atomic mass is 32.2. The molecule has 2 atom stereocenters. The molecule has 0 radical (unpaired) electrons. The van der Waals surface area contributed by atoms with Crippen LogP contribution in [-0.2, 0) is 15.0 Å². The largest absolute Gasteiger partial charge is 0.480 e. The number of carboxylic acids is 1. The molecule has 3 aliphatic rings. The van der Waals surface area contributed by atoms with E-state index in [4.69, 9.17) is 15.8 Å². The van der Waals surface area contributed by atoms with Crippen LogP contribution in [0.2, 0.25) is 6.32 Å². The fraction of sp³-hybridized carbons (Fsp3) is 0.929. The summed E-state index contributed by atoms with van der Waals surface area (Å²) in [5.74, 6) is -1.81. The van der Waals surface area contributed by atoms with E-state index in [1.807, 2.05) is 0 Å². The van der Waals surface area contributed by atoms with Gasteiger partial charge in [0.05, 0.1) is 0 Å². The van der Waals surface area contributed by atoms with Crippen molar-refractivity contribution >= 4 is 23.3 Å². The number of nitrogens with zero attached hydrogens (tertiary/aromatic N) is 2. The van der Waals surface area contributed by atoms with Gasteiger partial charge in [-0.25, -0.2) is 0 Å². The number of carboxylic acid groups (broad SMARTS) is 1. The Balaban J connectivity index is 1.67. The first-order valence-corrected chi connectivity index (χ1v) is 10.4. The number of aliphatic carboxylic acids is 1. The fourth-order valence-corrected chi connectivity index (χ4v) is 6.19. The highest BCUT2D eigenvalue weighted by Crippen LogP contribution is 2.37. The second kappa shape index (κ2) is 7.00. The molecule has 3 saturated heterocycles. The maximum atomic E-state index is 12.9. The van der Waals surface area contributed by atoms with Crippen LogP contribution >= 0.6 is 0 Å². The Kier molecular flexibility index (Phi) is 5.39. The summed E-state index contributed by atoms with van der Waals surface area (Å²) in [7, 11) is -5.23. The van der Waals surface area contributed by atoms with Crippen molar-refractivity contribution in [3.63, 3.8) is 0 Å². The molecule has 26 heavy (non-hydrogen) atoms. The summed E-state index contributed by atoms with van der Waals surface area (Å²) in [5, 5.41) is 30.8. The first-order chi connectivity index (χ1) is 12.1. The summed E-state index contributed by atoms with van der Waals surface area (Å²) in [6, 6.07) is 0. The van der Waals surface area contributed by atoms with E-state index in [0.717, 1.165) is 19.4 Å². The van der Waals surface area contributed by atoms with Crippen LogP contribution in [0.15, 0.2) is 0 Å². The Labute approximate surface area is 153 Å². The summed E-state index contributed by atoms with van der Waals surface area (Å²) >= 11 is 0. The molecule has 3 heterocycles. The Hall–Kier alpha value is -0.755. The molecule has 12 heteroatoms. The lowest BCUT2D eigenvalue weighted by Crippen LogP contribution is -2.69. The van der Waals surface area contributed by atoms with E-state index in [1.54, 1.807) is 0 Å². The molecule has 0 saturated carbocycles. The minimum atomic E-state index is -3.76. The summed E-state index contributed by atoms with van der Waals surface area (Å²) in [4.78, 5) is 11.7. The fourth-order valence-electron chi connectivity index (χ4n) is 4.30. The van der Waals surface area contributed by atoms with Crippen LogP contribution in [-0.4, -0.2) is 89.1 Å². The highest BCUT2D eigenvalue weighted by molar-refractivity contribution is 7.86. The van der Waals surface area contributed by atoms with Crippen LogP contribution in [0, 0.1) is 5.92 Å². The maximum absolute atomic E-state index is 12.9. The third kappa shape index (κ3) is 3.51. The van der Waals surface area contributed by atoms with Gasteiger partial charge >= 0.3 is 13.1 Å². The average molecular weight is 390 g/mol. The van der Waals surface area contributed by atoms with Gasteiger partial charge in [0.2, 0.25) is 0 Å². The van der Waals surface area contributed by atoms with Crippen molar-refractivity contribution in [1.29, 1.82) is 0 Å². The zero-order valence-electron chi connectivity index (χ0n) is 14.7. The molecular formula is C14H27BN4O6S. The van der Waals surface area contributed by atoms with Crippen LogP contribution in [0.25, 0.3) is 0 Å².